The van der Waals surface area contributed by atoms with Gasteiger partial charge in [0.1, 0.15) is 5.69 Å². The molecule has 1 amide bonds. The Bertz CT molecular complexity index is 655. The number of nitrogens with zero attached hydrogens (tertiary/aromatic N) is 2. The van der Waals surface area contributed by atoms with Crippen molar-refractivity contribution in [1.82, 2.24) is 0 Å². The van der Waals surface area contributed by atoms with Gasteiger partial charge in [-0.25, -0.2) is 0 Å². The number of benzene rings is 1. The number of thioether (sulfide) groups is 1. The maximum Gasteiger partial charge on any atom is 0.294 e. The summed E-state index contributed by atoms with van der Waals surface area (Å²) in [5.74, 6) is 0.314. The third-order valence-electron chi connectivity index (χ3n) is 3.23. The summed E-state index contributed by atoms with van der Waals surface area (Å²) in [5, 5.41) is 11.5. The van der Waals surface area contributed by atoms with E-state index >= 15 is 0 Å². The monoisotopic (exact) mass is 406 g/mol. The molecule has 2 rings (SSSR count). The van der Waals surface area contributed by atoms with Crippen LogP contribution in [0.25, 0.3) is 0 Å². The molecule has 0 bridgehead atoms. The summed E-state index contributed by atoms with van der Waals surface area (Å²) in [6.07, 6.45) is 0.269. The van der Waals surface area contributed by atoms with Gasteiger partial charge in [0, 0.05) is 36.2 Å². The maximum absolute atomic E-state index is 12.2. The SMILES string of the molecule is CC(=O)SCC1CC(=O)N(c2cc(Cl)c(Br)cc2[N+](=O)[O-])C1. The summed E-state index contributed by atoms with van der Waals surface area (Å²) < 4.78 is 0.403. The Labute approximate surface area is 144 Å². The minimum Gasteiger partial charge on any atom is -0.306 e. The molecule has 0 aliphatic carbocycles. The first kappa shape index (κ1) is 17.2. The van der Waals surface area contributed by atoms with Crippen LogP contribution in [0.5, 0.6) is 0 Å². The average molecular weight is 408 g/mol. The lowest BCUT2D eigenvalue weighted by Gasteiger charge is -2.17. The van der Waals surface area contributed by atoms with Crippen LogP contribution in [0.15, 0.2) is 16.6 Å². The first-order valence-corrected chi connectivity index (χ1v) is 8.52. The van der Waals surface area contributed by atoms with E-state index in [1.165, 1.54) is 24.0 Å². The first-order chi connectivity index (χ1) is 10.3. The Kier molecular flexibility index (Phi) is 5.46. The molecule has 118 valence electrons. The number of hydrogen-bond donors (Lipinski definition) is 0. The zero-order chi connectivity index (χ0) is 16.4. The number of carbonyl (C=O) groups is 2. The lowest BCUT2D eigenvalue weighted by Crippen LogP contribution is -2.25. The van der Waals surface area contributed by atoms with E-state index in [-0.39, 0.29) is 34.7 Å². The van der Waals surface area contributed by atoms with Crippen LogP contribution in [-0.4, -0.2) is 28.2 Å². The molecule has 1 atom stereocenters. The van der Waals surface area contributed by atoms with Crippen LogP contribution < -0.4 is 4.90 Å². The average Bonchev–Trinajstić information content (AvgIpc) is 2.80. The third kappa shape index (κ3) is 3.80. The molecule has 1 heterocycles. The first-order valence-electron chi connectivity index (χ1n) is 6.36. The molecule has 1 aromatic carbocycles. The van der Waals surface area contributed by atoms with Gasteiger partial charge < -0.3 is 4.90 Å². The van der Waals surface area contributed by atoms with Crippen LogP contribution in [0.1, 0.15) is 13.3 Å². The number of rotatable bonds is 4. The van der Waals surface area contributed by atoms with Crippen LogP contribution in [0.3, 0.4) is 0 Å². The number of nitro benzene ring substituents is 1. The largest absolute Gasteiger partial charge is 0.306 e. The highest BCUT2D eigenvalue weighted by Gasteiger charge is 2.34. The highest BCUT2D eigenvalue weighted by atomic mass is 79.9. The molecule has 1 aliphatic heterocycles. The van der Waals surface area contributed by atoms with Crippen molar-refractivity contribution in [2.24, 2.45) is 5.92 Å². The van der Waals surface area contributed by atoms with E-state index in [1.54, 1.807) is 0 Å². The summed E-state index contributed by atoms with van der Waals surface area (Å²) in [4.78, 5) is 35.2. The van der Waals surface area contributed by atoms with Gasteiger partial charge in [-0.2, -0.15) is 0 Å². The molecule has 1 fully saturated rings. The lowest BCUT2D eigenvalue weighted by molar-refractivity contribution is -0.384. The maximum atomic E-state index is 12.2. The van der Waals surface area contributed by atoms with Crippen molar-refractivity contribution in [3.8, 4) is 0 Å². The summed E-state index contributed by atoms with van der Waals surface area (Å²) in [6, 6.07) is 2.71. The standard InChI is InChI=1S/C13H12BrClN2O4S/c1-7(18)22-6-8-2-13(19)16(5-8)11-4-10(15)9(14)3-12(11)17(20)21/h3-4,8H,2,5-6H2,1H3. The molecule has 0 spiro atoms. The number of halogens is 2. The highest BCUT2D eigenvalue weighted by molar-refractivity contribution is 9.10. The Hall–Kier alpha value is -1.12. The van der Waals surface area contributed by atoms with Crippen LogP contribution in [0, 0.1) is 16.0 Å². The van der Waals surface area contributed by atoms with E-state index in [4.69, 9.17) is 11.6 Å². The molecule has 0 N–H and O–H groups in total. The molecule has 1 aromatic rings. The number of amides is 1. The van der Waals surface area contributed by atoms with Gasteiger partial charge in [-0.1, -0.05) is 23.4 Å². The van der Waals surface area contributed by atoms with Crippen molar-refractivity contribution in [2.45, 2.75) is 13.3 Å². The van der Waals surface area contributed by atoms with E-state index in [0.29, 0.717) is 21.8 Å². The minimum absolute atomic E-state index is 0.0106. The molecular weight excluding hydrogens is 396 g/mol. The molecule has 1 aliphatic rings. The molecular formula is C13H12BrClN2O4S. The van der Waals surface area contributed by atoms with Gasteiger partial charge in [-0.05, 0) is 27.9 Å². The zero-order valence-electron chi connectivity index (χ0n) is 11.5. The Morgan fingerprint density at radius 1 is 1.59 bits per heavy atom. The van der Waals surface area contributed by atoms with Gasteiger partial charge in [0.2, 0.25) is 5.91 Å². The predicted octanol–water partition coefficient (Wildman–Crippen LogP) is 3.64. The van der Waals surface area contributed by atoms with Crippen molar-refractivity contribution < 1.29 is 14.5 Å². The zero-order valence-corrected chi connectivity index (χ0v) is 14.7. The van der Waals surface area contributed by atoms with Crippen LogP contribution >= 0.6 is 39.3 Å². The van der Waals surface area contributed by atoms with Gasteiger partial charge in [0.25, 0.3) is 5.69 Å². The van der Waals surface area contributed by atoms with Crippen molar-refractivity contribution in [3.05, 3.63) is 31.7 Å². The fourth-order valence-corrected chi connectivity index (χ4v) is 3.43. The number of hydrogen-bond acceptors (Lipinski definition) is 5. The molecule has 9 heteroatoms. The smallest absolute Gasteiger partial charge is 0.294 e. The van der Waals surface area contributed by atoms with Gasteiger partial charge >= 0.3 is 0 Å². The fourth-order valence-electron chi connectivity index (χ4n) is 2.25. The van der Waals surface area contributed by atoms with E-state index in [2.05, 4.69) is 15.9 Å². The molecule has 0 radical (unpaired) electrons. The highest BCUT2D eigenvalue weighted by Crippen LogP contribution is 2.39. The molecule has 0 saturated carbocycles. The molecule has 0 aromatic heterocycles. The fraction of sp³-hybridized carbons (Fsp3) is 0.385. The van der Waals surface area contributed by atoms with Crippen LogP contribution in [0.4, 0.5) is 11.4 Å². The minimum atomic E-state index is -0.540. The second-order valence-corrected chi connectivity index (χ2v) is 7.35. The molecule has 6 nitrogen and oxygen atoms in total. The van der Waals surface area contributed by atoms with Crippen molar-refractivity contribution >= 4 is 61.7 Å². The molecule has 1 saturated heterocycles. The predicted molar refractivity (Wildman–Crippen MR) is 89.4 cm³/mol. The van der Waals surface area contributed by atoms with Crippen molar-refractivity contribution in [1.29, 1.82) is 0 Å². The normalized spacial score (nSPS) is 17.9. The second kappa shape index (κ2) is 6.97. The quantitative estimate of drug-likeness (QED) is 0.562. The Morgan fingerprint density at radius 3 is 2.86 bits per heavy atom. The van der Waals surface area contributed by atoms with E-state index in [9.17, 15) is 19.7 Å². The van der Waals surface area contributed by atoms with Crippen LogP contribution in [0.2, 0.25) is 5.02 Å². The van der Waals surface area contributed by atoms with Gasteiger partial charge in [0.05, 0.1) is 9.95 Å². The second-order valence-electron chi connectivity index (χ2n) is 4.89. The summed E-state index contributed by atoms with van der Waals surface area (Å²) >= 11 is 10.3. The van der Waals surface area contributed by atoms with E-state index in [0.717, 1.165) is 11.8 Å². The summed E-state index contributed by atoms with van der Waals surface area (Å²) in [6.45, 7) is 1.82. The van der Waals surface area contributed by atoms with Gasteiger partial charge in [0.15, 0.2) is 5.12 Å². The van der Waals surface area contributed by atoms with Crippen LogP contribution in [-0.2, 0) is 9.59 Å². The Morgan fingerprint density at radius 2 is 2.27 bits per heavy atom. The van der Waals surface area contributed by atoms with E-state index in [1.807, 2.05) is 0 Å². The molecule has 1 unspecified atom stereocenters. The lowest BCUT2D eigenvalue weighted by atomic mass is 10.1. The topological polar surface area (TPSA) is 80.5 Å². The van der Waals surface area contributed by atoms with Gasteiger partial charge in [-0.3, -0.25) is 19.7 Å². The number of anilines is 1. The van der Waals surface area contributed by atoms with Gasteiger partial charge in [-0.15, -0.1) is 0 Å². The van der Waals surface area contributed by atoms with Crippen molar-refractivity contribution in [3.63, 3.8) is 0 Å². The Balaban J connectivity index is 2.28. The van der Waals surface area contributed by atoms with E-state index < -0.39 is 4.92 Å². The summed E-state index contributed by atoms with van der Waals surface area (Å²) in [5.41, 5.74) is 0.0167. The van der Waals surface area contributed by atoms with Crippen molar-refractivity contribution in [2.75, 3.05) is 17.2 Å². The number of carbonyl (C=O) groups excluding carboxylic acids is 2. The number of nitro groups is 1. The summed E-state index contributed by atoms with van der Waals surface area (Å²) in [7, 11) is 0. The molecule has 22 heavy (non-hydrogen) atoms. The third-order valence-corrected chi connectivity index (χ3v) is 5.47.